The predicted molar refractivity (Wildman–Crippen MR) is 95.4 cm³/mol. The van der Waals surface area contributed by atoms with E-state index in [1.165, 1.54) is 0 Å². The molecule has 0 bridgehead atoms. The Balaban J connectivity index is 2.03. The van der Waals surface area contributed by atoms with Crippen molar-refractivity contribution >= 4 is 16.9 Å². The molecular weight excluding hydrogens is 300 g/mol. The van der Waals surface area contributed by atoms with Crippen LogP contribution in [0.5, 0.6) is 0 Å². The molecule has 3 N–H and O–H groups in total. The van der Waals surface area contributed by atoms with E-state index in [4.69, 9.17) is 10.7 Å². The van der Waals surface area contributed by atoms with Gasteiger partial charge in [-0.25, -0.2) is 4.98 Å². The van der Waals surface area contributed by atoms with E-state index in [0.29, 0.717) is 0 Å². The van der Waals surface area contributed by atoms with E-state index in [-0.39, 0.29) is 24.4 Å². The van der Waals surface area contributed by atoms with E-state index >= 15 is 0 Å². The van der Waals surface area contributed by atoms with Gasteiger partial charge in [0.2, 0.25) is 5.91 Å². The highest BCUT2D eigenvalue weighted by Gasteiger charge is 2.22. The number of nitrogens with two attached hydrogens (primary N) is 1. The van der Waals surface area contributed by atoms with E-state index in [1.54, 1.807) is 0 Å². The van der Waals surface area contributed by atoms with E-state index in [1.807, 2.05) is 73.1 Å². The van der Waals surface area contributed by atoms with Crippen LogP contribution in [0.2, 0.25) is 0 Å². The van der Waals surface area contributed by atoms with Gasteiger partial charge in [0, 0.05) is 19.5 Å². The van der Waals surface area contributed by atoms with Crippen molar-refractivity contribution in [2.45, 2.75) is 25.4 Å². The number of aryl methyl sites for hydroxylation is 1. The maximum absolute atomic E-state index is 12.3. The second-order valence-corrected chi connectivity index (χ2v) is 6.11. The van der Waals surface area contributed by atoms with Crippen molar-refractivity contribution in [2.24, 2.45) is 12.8 Å². The van der Waals surface area contributed by atoms with Gasteiger partial charge in [-0.05, 0) is 24.6 Å². The van der Waals surface area contributed by atoms with Crippen molar-refractivity contribution in [1.29, 1.82) is 0 Å². The molecule has 5 heteroatoms. The lowest BCUT2D eigenvalue weighted by molar-refractivity contribution is -0.121. The highest BCUT2D eigenvalue weighted by Crippen LogP contribution is 2.25. The first-order chi connectivity index (χ1) is 11.6. The van der Waals surface area contributed by atoms with Gasteiger partial charge in [0.15, 0.2) is 0 Å². The molecule has 0 aliphatic heterocycles. The smallest absolute Gasteiger partial charge is 0.222 e. The van der Waals surface area contributed by atoms with Crippen LogP contribution in [-0.4, -0.2) is 21.5 Å². The van der Waals surface area contributed by atoms with Crippen LogP contribution in [0.25, 0.3) is 11.0 Å². The zero-order valence-corrected chi connectivity index (χ0v) is 13.9. The number of carbonyl (C=O) groups excluding carboxylic acids is 1. The van der Waals surface area contributed by atoms with E-state index < -0.39 is 0 Å². The SMILES string of the molecule is CC(N)CC(=O)NC(c1ccccc1)c1nc2ccccc2n1C. The molecule has 0 aliphatic rings. The average molecular weight is 322 g/mol. The number of rotatable bonds is 5. The molecule has 0 aliphatic carbocycles. The van der Waals surface area contributed by atoms with Gasteiger partial charge < -0.3 is 15.6 Å². The monoisotopic (exact) mass is 322 g/mol. The topological polar surface area (TPSA) is 72.9 Å². The minimum atomic E-state index is -0.310. The number of amides is 1. The molecule has 0 spiro atoms. The Labute approximate surface area is 141 Å². The number of hydrogen-bond acceptors (Lipinski definition) is 3. The van der Waals surface area contributed by atoms with Crippen LogP contribution in [0.1, 0.15) is 30.8 Å². The first-order valence-corrected chi connectivity index (χ1v) is 8.07. The Morgan fingerprint density at radius 1 is 1.17 bits per heavy atom. The van der Waals surface area contributed by atoms with Gasteiger partial charge in [0.1, 0.15) is 11.9 Å². The maximum atomic E-state index is 12.3. The van der Waals surface area contributed by atoms with Gasteiger partial charge in [0.25, 0.3) is 0 Å². The number of para-hydroxylation sites is 2. The largest absolute Gasteiger partial charge is 0.342 e. The van der Waals surface area contributed by atoms with E-state index in [0.717, 1.165) is 22.4 Å². The molecule has 0 fully saturated rings. The third kappa shape index (κ3) is 3.31. The Morgan fingerprint density at radius 2 is 1.83 bits per heavy atom. The van der Waals surface area contributed by atoms with Crippen LogP contribution in [0.3, 0.4) is 0 Å². The summed E-state index contributed by atoms with van der Waals surface area (Å²) in [5.41, 5.74) is 8.70. The summed E-state index contributed by atoms with van der Waals surface area (Å²) in [6, 6.07) is 17.3. The number of carbonyl (C=O) groups is 1. The highest BCUT2D eigenvalue weighted by molar-refractivity contribution is 5.79. The van der Waals surface area contributed by atoms with Gasteiger partial charge in [0.05, 0.1) is 11.0 Å². The van der Waals surface area contributed by atoms with Crippen LogP contribution in [0, 0.1) is 0 Å². The summed E-state index contributed by atoms with van der Waals surface area (Å²) < 4.78 is 2.03. The Hall–Kier alpha value is -2.66. The molecule has 1 heterocycles. The lowest BCUT2D eigenvalue weighted by Gasteiger charge is -2.20. The lowest BCUT2D eigenvalue weighted by Crippen LogP contribution is -2.34. The highest BCUT2D eigenvalue weighted by atomic mass is 16.1. The van der Waals surface area contributed by atoms with Crippen molar-refractivity contribution < 1.29 is 4.79 Å². The van der Waals surface area contributed by atoms with E-state index in [2.05, 4.69) is 5.32 Å². The molecule has 2 aromatic carbocycles. The molecule has 124 valence electrons. The molecule has 5 nitrogen and oxygen atoms in total. The Morgan fingerprint density at radius 3 is 2.50 bits per heavy atom. The van der Waals surface area contributed by atoms with E-state index in [9.17, 15) is 4.79 Å². The van der Waals surface area contributed by atoms with Crippen molar-refractivity contribution in [1.82, 2.24) is 14.9 Å². The molecule has 1 amide bonds. The third-order valence-electron chi connectivity index (χ3n) is 4.03. The maximum Gasteiger partial charge on any atom is 0.222 e. The molecule has 0 saturated carbocycles. The molecule has 0 saturated heterocycles. The van der Waals surface area contributed by atoms with Crippen LogP contribution in [0.4, 0.5) is 0 Å². The molecular formula is C19H22N4O. The standard InChI is InChI=1S/C19H22N4O/c1-13(20)12-17(24)22-18(14-8-4-3-5-9-14)19-21-15-10-6-7-11-16(15)23(19)2/h3-11,13,18H,12,20H2,1-2H3,(H,22,24). The first kappa shape index (κ1) is 16.2. The van der Waals surface area contributed by atoms with Crippen LogP contribution in [-0.2, 0) is 11.8 Å². The lowest BCUT2D eigenvalue weighted by atomic mass is 10.1. The number of hydrogen-bond donors (Lipinski definition) is 2. The summed E-state index contributed by atoms with van der Waals surface area (Å²) >= 11 is 0. The van der Waals surface area contributed by atoms with Gasteiger partial charge in [-0.15, -0.1) is 0 Å². The first-order valence-electron chi connectivity index (χ1n) is 8.07. The van der Waals surface area contributed by atoms with Gasteiger partial charge in [-0.2, -0.15) is 0 Å². The normalized spacial score (nSPS) is 13.6. The molecule has 24 heavy (non-hydrogen) atoms. The van der Waals surface area contributed by atoms with Crippen molar-refractivity contribution in [3.8, 4) is 0 Å². The second kappa shape index (κ2) is 6.84. The zero-order chi connectivity index (χ0) is 17.1. The minimum Gasteiger partial charge on any atom is -0.342 e. The van der Waals surface area contributed by atoms with Crippen LogP contribution < -0.4 is 11.1 Å². The zero-order valence-electron chi connectivity index (χ0n) is 13.9. The Kier molecular flexibility index (Phi) is 4.62. The third-order valence-corrected chi connectivity index (χ3v) is 4.03. The number of aromatic nitrogens is 2. The van der Waals surface area contributed by atoms with Crippen molar-refractivity contribution in [2.75, 3.05) is 0 Å². The molecule has 1 aromatic heterocycles. The molecule has 2 unspecified atom stereocenters. The average Bonchev–Trinajstić information content (AvgIpc) is 2.90. The number of nitrogens with one attached hydrogen (secondary N) is 1. The number of fused-ring (bicyclic) bond motifs is 1. The van der Waals surface area contributed by atoms with Crippen molar-refractivity contribution in [3.63, 3.8) is 0 Å². The quantitative estimate of drug-likeness (QED) is 0.758. The summed E-state index contributed by atoms with van der Waals surface area (Å²) in [6.07, 6.45) is 0.285. The van der Waals surface area contributed by atoms with Crippen molar-refractivity contribution in [3.05, 3.63) is 66.0 Å². The van der Waals surface area contributed by atoms with Crippen LogP contribution >= 0.6 is 0 Å². The fourth-order valence-corrected chi connectivity index (χ4v) is 2.88. The summed E-state index contributed by atoms with van der Waals surface area (Å²) in [4.78, 5) is 17.0. The van der Waals surface area contributed by atoms with Crippen LogP contribution in [0.15, 0.2) is 54.6 Å². The minimum absolute atomic E-state index is 0.0779. The fourth-order valence-electron chi connectivity index (χ4n) is 2.88. The number of benzene rings is 2. The molecule has 2 atom stereocenters. The number of nitrogens with zero attached hydrogens (tertiary/aromatic N) is 2. The summed E-state index contributed by atoms with van der Waals surface area (Å²) in [6.45, 7) is 1.83. The molecule has 3 rings (SSSR count). The number of imidazole rings is 1. The second-order valence-electron chi connectivity index (χ2n) is 6.11. The van der Waals surface area contributed by atoms with Gasteiger partial charge >= 0.3 is 0 Å². The molecule has 3 aromatic rings. The summed E-state index contributed by atoms with van der Waals surface area (Å²) in [7, 11) is 1.97. The summed E-state index contributed by atoms with van der Waals surface area (Å²) in [5, 5.41) is 3.08. The predicted octanol–water partition coefficient (Wildman–Crippen LogP) is 2.52. The Bertz CT molecular complexity index is 839. The van der Waals surface area contributed by atoms with Gasteiger partial charge in [-0.1, -0.05) is 42.5 Å². The molecule has 0 radical (unpaired) electrons. The summed E-state index contributed by atoms with van der Waals surface area (Å²) in [5.74, 6) is 0.728. The van der Waals surface area contributed by atoms with Gasteiger partial charge in [-0.3, -0.25) is 4.79 Å². The fraction of sp³-hybridized carbons (Fsp3) is 0.263.